The van der Waals surface area contributed by atoms with Gasteiger partial charge in [0.2, 0.25) is 19.1 Å². The Hall–Kier alpha value is -2.65. The van der Waals surface area contributed by atoms with Crippen LogP contribution in [0.2, 0.25) is 0 Å². The van der Waals surface area contributed by atoms with Crippen molar-refractivity contribution in [2.45, 2.75) is 10.1 Å². The number of nitrogens with zero attached hydrogens (tertiary/aromatic N) is 4. The summed E-state index contributed by atoms with van der Waals surface area (Å²) in [6.07, 6.45) is 4.73. The van der Waals surface area contributed by atoms with Crippen LogP contribution in [0.5, 0.6) is 0 Å². The minimum atomic E-state index is -3.56. The monoisotopic (exact) mass is 374 g/mol. The zero-order valence-electron chi connectivity index (χ0n) is 12.7. The van der Waals surface area contributed by atoms with Crippen LogP contribution in [0.25, 0.3) is 16.2 Å². The molecule has 9 heteroatoms. The third-order valence-electron chi connectivity index (χ3n) is 3.54. The lowest BCUT2D eigenvalue weighted by atomic mass is 10.2. The maximum atomic E-state index is 13.0. The second-order valence-corrected chi connectivity index (χ2v) is 8.46. The van der Waals surface area contributed by atoms with Crippen molar-refractivity contribution in [1.82, 2.24) is 19.6 Å². The molecular weight excluding hydrogens is 363 g/mol. The zero-order valence-corrected chi connectivity index (χ0v) is 14.3. The summed E-state index contributed by atoms with van der Waals surface area (Å²) in [5.41, 5.74) is 1.99. The van der Waals surface area contributed by atoms with Crippen LogP contribution in [0.3, 0.4) is 0 Å². The van der Waals surface area contributed by atoms with E-state index >= 15 is 0 Å². The van der Waals surface area contributed by atoms with E-state index in [1.54, 1.807) is 42.9 Å². The van der Waals surface area contributed by atoms with Crippen molar-refractivity contribution in [3.63, 3.8) is 0 Å². The lowest BCUT2D eigenvalue weighted by Gasteiger charge is -1.99. The van der Waals surface area contributed by atoms with Gasteiger partial charge in [-0.25, -0.2) is 22.3 Å². The Bertz CT molecular complexity index is 1100. The maximum Gasteiger partial charge on any atom is 0.232 e. The largest absolute Gasteiger partial charge is 0.265 e. The molecule has 0 aliphatic carbocycles. The summed E-state index contributed by atoms with van der Waals surface area (Å²) in [6.45, 7) is 0. The van der Waals surface area contributed by atoms with Crippen molar-refractivity contribution in [3.05, 3.63) is 66.4 Å². The second-order valence-electron chi connectivity index (χ2n) is 5.34. The molecule has 0 saturated heterocycles. The molecule has 0 atom stereocenters. The fourth-order valence-electron chi connectivity index (χ4n) is 2.33. The molecule has 0 fully saturated rings. The predicted molar refractivity (Wildman–Crippen MR) is 91.4 cm³/mol. The van der Waals surface area contributed by atoms with Crippen molar-refractivity contribution in [1.29, 1.82) is 0 Å². The van der Waals surface area contributed by atoms with E-state index in [0.29, 0.717) is 16.2 Å². The van der Waals surface area contributed by atoms with Crippen LogP contribution in [0.15, 0.2) is 59.3 Å². The van der Waals surface area contributed by atoms with Crippen molar-refractivity contribution < 1.29 is 12.8 Å². The molecule has 0 radical (unpaired) electrons. The molecule has 0 amide bonds. The van der Waals surface area contributed by atoms with Gasteiger partial charge in [-0.05, 0) is 42.0 Å². The fourth-order valence-corrected chi connectivity index (χ4v) is 4.82. The van der Waals surface area contributed by atoms with Crippen molar-refractivity contribution in [3.8, 4) is 11.3 Å². The van der Waals surface area contributed by atoms with E-state index < -0.39 is 9.84 Å². The Kier molecular flexibility index (Phi) is 3.81. The number of imidazole rings is 1. The van der Waals surface area contributed by atoms with Crippen LogP contribution in [0.4, 0.5) is 4.39 Å². The van der Waals surface area contributed by atoms with Crippen molar-refractivity contribution in [2.24, 2.45) is 0 Å². The standard InChI is InChI=1S/C16H11FN4O2S2/c17-13-3-1-12(2-4-13)14-9-21-15(19-14)24-16(20-21)25(22,23)10-11-5-7-18-8-6-11/h1-9H,10H2. The van der Waals surface area contributed by atoms with Crippen LogP contribution in [0.1, 0.15) is 5.56 Å². The van der Waals surface area contributed by atoms with E-state index in [1.165, 1.54) is 16.6 Å². The number of halogens is 1. The first-order valence-electron chi connectivity index (χ1n) is 7.25. The van der Waals surface area contributed by atoms with Gasteiger partial charge in [0.15, 0.2) is 0 Å². The fraction of sp³-hybridized carbons (Fsp3) is 0.0625. The van der Waals surface area contributed by atoms with Crippen LogP contribution < -0.4 is 0 Å². The molecule has 0 unspecified atom stereocenters. The van der Waals surface area contributed by atoms with Gasteiger partial charge in [-0.2, -0.15) is 0 Å². The Morgan fingerprint density at radius 3 is 2.48 bits per heavy atom. The molecule has 0 N–H and O–H groups in total. The quantitative estimate of drug-likeness (QED) is 0.549. The molecule has 1 aromatic carbocycles. The predicted octanol–water partition coefficient (Wildman–Crippen LogP) is 2.97. The molecule has 0 saturated carbocycles. The minimum absolute atomic E-state index is 0.0115. The molecule has 126 valence electrons. The van der Waals surface area contributed by atoms with E-state index in [1.807, 2.05) is 0 Å². The van der Waals surface area contributed by atoms with E-state index in [2.05, 4.69) is 15.1 Å². The SMILES string of the molecule is O=S(=O)(Cc1ccncc1)c1nn2cc(-c3ccc(F)cc3)nc2s1. The highest BCUT2D eigenvalue weighted by molar-refractivity contribution is 7.92. The molecule has 6 nitrogen and oxygen atoms in total. The number of benzene rings is 1. The third kappa shape index (κ3) is 3.15. The zero-order chi connectivity index (χ0) is 17.4. The molecule has 25 heavy (non-hydrogen) atoms. The maximum absolute atomic E-state index is 13.0. The average molecular weight is 374 g/mol. The average Bonchev–Trinajstić information content (AvgIpc) is 3.15. The van der Waals surface area contributed by atoms with Crippen LogP contribution in [0, 0.1) is 5.82 Å². The highest BCUT2D eigenvalue weighted by atomic mass is 32.2. The normalized spacial score (nSPS) is 11.9. The first-order valence-corrected chi connectivity index (χ1v) is 9.72. The van der Waals surface area contributed by atoms with Gasteiger partial charge in [0.1, 0.15) is 5.82 Å². The summed E-state index contributed by atoms with van der Waals surface area (Å²) in [6, 6.07) is 9.24. The smallest absolute Gasteiger partial charge is 0.232 e. The molecule has 0 bridgehead atoms. The number of hydrogen-bond acceptors (Lipinski definition) is 6. The van der Waals surface area contributed by atoms with E-state index in [-0.39, 0.29) is 15.9 Å². The summed E-state index contributed by atoms with van der Waals surface area (Å²) in [5.74, 6) is -0.468. The summed E-state index contributed by atoms with van der Waals surface area (Å²) < 4.78 is 39.5. The van der Waals surface area contributed by atoms with Gasteiger partial charge in [-0.3, -0.25) is 4.98 Å². The van der Waals surface area contributed by atoms with Crippen LogP contribution in [-0.2, 0) is 15.6 Å². The Balaban J connectivity index is 1.66. The molecular formula is C16H11FN4O2S2. The molecule has 4 aromatic rings. The van der Waals surface area contributed by atoms with Gasteiger partial charge in [-0.1, -0.05) is 11.3 Å². The topological polar surface area (TPSA) is 77.2 Å². The molecule has 4 rings (SSSR count). The van der Waals surface area contributed by atoms with Gasteiger partial charge in [0.25, 0.3) is 0 Å². The lowest BCUT2D eigenvalue weighted by Crippen LogP contribution is -2.05. The van der Waals surface area contributed by atoms with Crippen LogP contribution in [-0.4, -0.2) is 28.0 Å². The Morgan fingerprint density at radius 1 is 1.08 bits per heavy atom. The molecule has 0 spiro atoms. The Labute approximate surface area is 146 Å². The van der Waals surface area contributed by atoms with Crippen LogP contribution >= 0.6 is 11.3 Å². The second kappa shape index (κ2) is 6.01. The van der Waals surface area contributed by atoms with Gasteiger partial charge >= 0.3 is 0 Å². The number of hydrogen-bond donors (Lipinski definition) is 0. The minimum Gasteiger partial charge on any atom is -0.265 e. The summed E-state index contributed by atoms with van der Waals surface area (Å²) in [7, 11) is -3.56. The number of aromatic nitrogens is 4. The number of fused-ring (bicyclic) bond motifs is 1. The van der Waals surface area contributed by atoms with E-state index in [0.717, 1.165) is 16.9 Å². The first-order chi connectivity index (χ1) is 12.0. The number of rotatable bonds is 4. The van der Waals surface area contributed by atoms with Gasteiger partial charge in [0, 0.05) is 18.0 Å². The van der Waals surface area contributed by atoms with Crippen molar-refractivity contribution >= 4 is 26.1 Å². The first kappa shape index (κ1) is 15.9. The summed E-state index contributed by atoms with van der Waals surface area (Å²) in [4.78, 5) is 8.71. The Morgan fingerprint density at radius 2 is 1.80 bits per heavy atom. The third-order valence-corrected chi connectivity index (χ3v) is 6.59. The molecule has 0 aliphatic rings. The number of sulfone groups is 1. The highest BCUT2D eigenvalue weighted by Gasteiger charge is 2.22. The van der Waals surface area contributed by atoms with E-state index in [4.69, 9.17) is 0 Å². The highest BCUT2D eigenvalue weighted by Crippen LogP contribution is 2.26. The van der Waals surface area contributed by atoms with Crippen molar-refractivity contribution in [2.75, 3.05) is 0 Å². The molecule has 3 heterocycles. The molecule has 0 aliphatic heterocycles. The van der Waals surface area contributed by atoms with Gasteiger partial charge in [-0.15, -0.1) is 5.10 Å². The number of pyridine rings is 1. The summed E-state index contributed by atoms with van der Waals surface area (Å²) >= 11 is 1.01. The summed E-state index contributed by atoms with van der Waals surface area (Å²) in [5, 5.41) is 4.14. The lowest BCUT2D eigenvalue weighted by molar-refractivity contribution is 0.592. The van der Waals surface area contributed by atoms with Gasteiger partial charge < -0.3 is 0 Å². The van der Waals surface area contributed by atoms with E-state index in [9.17, 15) is 12.8 Å². The molecule has 3 aromatic heterocycles. The van der Waals surface area contributed by atoms with Gasteiger partial charge in [0.05, 0.1) is 17.6 Å².